The van der Waals surface area contributed by atoms with E-state index in [4.69, 9.17) is 0 Å². The molecule has 1 aliphatic heterocycles. The van der Waals surface area contributed by atoms with Gasteiger partial charge in [-0.25, -0.2) is 0 Å². The quantitative estimate of drug-likeness (QED) is 0.824. The topological polar surface area (TPSA) is 23.5 Å². The van der Waals surface area contributed by atoms with Crippen LogP contribution in [0.5, 0.6) is 0 Å². The molecule has 0 aromatic heterocycles. The summed E-state index contributed by atoms with van der Waals surface area (Å²) >= 11 is 0. The molecule has 2 nitrogen and oxygen atoms in total. The van der Waals surface area contributed by atoms with E-state index in [-0.39, 0.29) is 6.10 Å². The predicted octanol–water partition coefficient (Wildman–Crippen LogP) is 2.20. The molecule has 0 aliphatic carbocycles. The minimum Gasteiger partial charge on any atom is -0.392 e. The molecule has 0 bridgehead atoms. The number of piperidine rings is 1. The van der Waals surface area contributed by atoms with E-state index in [1.165, 1.54) is 11.1 Å². The van der Waals surface area contributed by atoms with Gasteiger partial charge in [-0.05, 0) is 30.4 Å². The lowest BCUT2D eigenvalue weighted by Gasteiger charge is -2.34. The van der Waals surface area contributed by atoms with Crippen molar-refractivity contribution in [2.75, 3.05) is 13.1 Å². The van der Waals surface area contributed by atoms with Crippen LogP contribution < -0.4 is 0 Å². The average molecular weight is 219 g/mol. The van der Waals surface area contributed by atoms with Gasteiger partial charge in [0.25, 0.3) is 0 Å². The smallest absolute Gasteiger partial charge is 0.0670 e. The summed E-state index contributed by atoms with van der Waals surface area (Å²) in [4.78, 5) is 2.36. The van der Waals surface area contributed by atoms with Crippen molar-refractivity contribution >= 4 is 0 Å². The van der Waals surface area contributed by atoms with Crippen LogP contribution in [0.25, 0.3) is 0 Å². The van der Waals surface area contributed by atoms with Crippen LogP contribution in [0, 0.1) is 12.8 Å². The van der Waals surface area contributed by atoms with Gasteiger partial charge in [0.1, 0.15) is 0 Å². The molecule has 1 aromatic carbocycles. The summed E-state index contributed by atoms with van der Waals surface area (Å²) in [5.74, 6) is 0.604. The number of aliphatic hydroxyl groups is 1. The molecule has 1 saturated heterocycles. The third-order valence-corrected chi connectivity index (χ3v) is 3.37. The number of aliphatic hydroxyl groups excluding tert-OH is 1. The maximum atomic E-state index is 9.76. The summed E-state index contributed by atoms with van der Waals surface area (Å²) in [5, 5.41) is 9.76. The van der Waals surface area contributed by atoms with Gasteiger partial charge in [-0.2, -0.15) is 0 Å². The van der Waals surface area contributed by atoms with Crippen LogP contribution in [0.4, 0.5) is 0 Å². The van der Waals surface area contributed by atoms with Crippen molar-refractivity contribution in [3.05, 3.63) is 35.4 Å². The zero-order valence-electron chi connectivity index (χ0n) is 10.2. The molecule has 0 amide bonds. The Morgan fingerprint density at radius 2 is 2.06 bits per heavy atom. The number of nitrogens with zero attached hydrogens (tertiary/aromatic N) is 1. The molecule has 1 N–H and O–H groups in total. The third-order valence-electron chi connectivity index (χ3n) is 3.37. The molecule has 88 valence electrons. The zero-order valence-corrected chi connectivity index (χ0v) is 10.2. The van der Waals surface area contributed by atoms with Gasteiger partial charge in [-0.1, -0.05) is 31.2 Å². The van der Waals surface area contributed by atoms with Crippen molar-refractivity contribution in [3.8, 4) is 0 Å². The van der Waals surface area contributed by atoms with E-state index in [0.717, 1.165) is 26.1 Å². The number of rotatable bonds is 2. The molecule has 1 fully saturated rings. The second-order valence-corrected chi connectivity index (χ2v) is 5.12. The Labute approximate surface area is 97.9 Å². The number of likely N-dealkylation sites (tertiary alicyclic amines) is 1. The first-order valence-electron chi connectivity index (χ1n) is 6.10. The molecular formula is C14H21NO. The minimum absolute atomic E-state index is 0.146. The Balaban J connectivity index is 2.02. The zero-order chi connectivity index (χ0) is 11.5. The van der Waals surface area contributed by atoms with Gasteiger partial charge in [-0.3, -0.25) is 4.90 Å². The summed E-state index contributed by atoms with van der Waals surface area (Å²) < 4.78 is 0. The van der Waals surface area contributed by atoms with Crippen molar-refractivity contribution in [2.45, 2.75) is 32.9 Å². The first-order chi connectivity index (χ1) is 7.65. The van der Waals surface area contributed by atoms with Crippen LogP contribution in [0.2, 0.25) is 0 Å². The van der Waals surface area contributed by atoms with Gasteiger partial charge in [0.2, 0.25) is 0 Å². The first kappa shape index (κ1) is 11.6. The molecule has 0 radical (unpaired) electrons. The normalized spacial score (nSPS) is 26.9. The Hall–Kier alpha value is -0.860. The molecule has 2 unspecified atom stereocenters. The highest BCUT2D eigenvalue weighted by Crippen LogP contribution is 2.19. The molecule has 16 heavy (non-hydrogen) atoms. The summed E-state index contributed by atoms with van der Waals surface area (Å²) in [6.07, 6.45) is 0.803. The number of aryl methyl sites for hydroxylation is 1. The monoisotopic (exact) mass is 219 g/mol. The van der Waals surface area contributed by atoms with Crippen molar-refractivity contribution in [1.29, 1.82) is 0 Å². The molecule has 1 aliphatic rings. The molecule has 1 aromatic rings. The fraction of sp³-hybridized carbons (Fsp3) is 0.571. The molecular weight excluding hydrogens is 198 g/mol. The maximum absolute atomic E-state index is 9.76. The molecule has 0 spiro atoms. The van der Waals surface area contributed by atoms with Crippen molar-refractivity contribution < 1.29 is 5.11 Å². The largest absolute Gasteiger partial charge is 0.392 e. The second kappa shape index (κ2) is 4.98. The van der Waals surface area contributed by atoms with E-state index in [1.807, 2.05) is 0 Å². The first-order valence-corrected chi connectivity index (χ1v) is 6.10. The predicted molar refractivity (Wildman–Crippen MR) is 66.2 cm³/mol. The highest BCUT2D eigenvalue weighted by Gasteiger charge is 2.23. The van der Waals surface area contributed by atoms with Gasteiger partial charge in [-0.15, -0.1) is 0 Å². The van der Waals surface area contributed by atoms with Gasteiger partial charge in [0.15, 0.2) is 0 Å². The van der Waals surface area contributed by atoms with Gasteiger partial charge in [0.05, 0.1) is 6.10 Å². The molecule has 2 atom stereocenters. The lowest BCUT2D eigenvalue weighted by molar-refractivity contribution is 0.0408. The van der Waals surface area contributed by atoms with Crippen molar-refractivity contribution in [1.82, 2.24) is 4.90 Å². The molecule has 0 saturated carbocycles. The number of β-amino-alcohol motifs (C(OH)–C–C–N with tert-alkyl or cyclic N) is 1. The minimum atomic E-state index is -0.146. The molecule has 1 heterocycles. The van der Waals surface area contributed by atoms with E-state index in [2.05, 4.69) is 43.0 Å². The molecule has 2 heteroatoms. The van der Waals surface area contributed by atoms with Gasteiger partial charge >= 0.3 is 0 Å². The van der Waals surface area contributed by atoms with Crippen LogP contribution in [-0.4, -0.2) is 29.2 Å². The summed E-state index contributed by atoms with van der Waals surface area (Å²) in [6.45, 7) is 7.25. The van der Waals surface area contributed by atoms with Crippen LogP contribution in [0.15, 0.2) is 24.3 Å². The van der Waals surface area contributed by atoms with Crippen LogP contribution >= 0.6 is 0 Å². The lowest BCUT2D eigenvalue weighted by Crippen LogP contribution is -2.41. The second-order valence-electron chi connectivity index (χ2n) is 5.12. The van der Waals surface area contributed by atoms with E-state index >= 15 is 0 Å². The maximum Gasteiger partial charge on any atom is 0.0670 e. The van der Waals surface area contributed by atoms with E-state index in [1.54, 1.807) is 0 Å². The number of benzene rings is 1. The van der Waals surface area contributed by atoms with Crippen LogP contribution in [0.1, 0.15) is 24.5 Å². The van der Waals surface area contributed by atoms with Gasteiger partial charge < -0.3 is 5.11 Å². The highest BCUT2D eigenvalue weighted by molar-refractivity contribution is 5.25. The summed E-state index contributed by atoms with van der Waals surface area (Å²) in [5.41, 5.74) is 2.72. The Bertz CT molecular complexity index is 340. The van der Waals surface area contributed by atoms with Crippen molar-refractivity contribution in [3.63, 3.8) is 0 Å². The third kappa shape index (κ3) is 2.83. The van der Waals surface area contributed by atoms with E-state index in [9.17, 15) is 5.11 Å². The van der Waals surface area contributed by atoms with Crippen molar-refractivity contribution in [2.24, 2.45) is 5.92 Å². The fourth-order valence-corrected chi connectivity index (χ4v) is 2.58. The van der Waals surface area contributed by atoms with Gasteiger partial charge in [0, 0.05) is 19.6 Å². The van der Waals surface area contributed by atoms with E-state index in [0.29, 0.717) is 5.92 Å². The van der Waals surface area contributed by atoms with E-state index < -0.39 is 0 Å². The van der Waals surface area contributed by atoms with Crippen LogP contribution in [-0.2, 0) is 6.54 Å². The standard InChI is InChI=1S/C14H21NO/c1-11-7-14(16)10-15(8-11)9-13-6-4-3-5-12(13)2/h3-6,11,14,16H,7-10H2,1-2H3. The Morgan fingerprint density at radius 1 is 1.31 bits per heavy atom. The number of hydrogen-bond acceptors (Lipinski definition) is 2. The number of hydrogen-bond donors (Lipinski definition) is 1. The highest BCUT2D eigenvalue weighted by atomic mass is 16.3. The summed E-state index contributed by atoms with van der Waals surface area (Å²) in [7, 11) is 0. The fourth-order valence-electron chi connectivity index (χ4n) is 2.58. The SMILES string of the molecule is Cc1ccccc1CN1CC(C)CC(O)C1. The molecule has 2 rings (SSSR count). The summed E-state index contributed by atoms with van der Waals surface area (Å²) in [6, 6.07) is 8.50. The average Bonchev–Trinajstić information content (AvgIpc) is 2.20. The van der Waals surface area contributed by atoms with Crippen LogP contribution in [0.3, 0.4) is 0 Å². The lowest BCUT2D eigenvalue weighted by atomic mass is 9.97. The Kier molecular flexibility index (Phi) is 3.62. The Morgan fingerprint density at radius 3 is 2.75 bits per heavy atom.